The van der Waals surface area contributed by atoms with Crippen LogP contribution in [0.2, 0.25) is 0 Å². The molecule has 3 aliphatic heterocycles. The number of aliphatic hydroxyl groups is 4. The molecule has 46 heavy (non-hydrogen) atoms. The van der Waals surface area contributed by atoms with E-state index in [9.17, 15) is 34.8 Å². The van der Waals surface area contributed by atoms with Crippen molar-refractivity contribution in [3.63, 3.8) is 0 Å². The van der Waals surface area contributed by atoms with Crippen molar-refractivity contribution < 1.29 is 53.7 Å². The van der Waals surface area contributed by atoms with Crippen LogP contribution in [-0.2, 0) is 52.0 Å². The van der Waals surface area contributed by atoms with Crippen molar-refractivity contribution in [2.75, 3.05) is 26.4 Å². The van der Waals surface area contributed by atoms with Gasteiger partial charge in [-0.2, -0.15) is 0 Å². The van der Waals surface area contributed by atoms with Crippen molar-refractivity contribution in [3.8, 4) is 11.4 Å². The Bertz CT molecular complexity index is 1690. The molecule has 6 atom stereocenters. The molecule has 0 radical (unpaired) electrons. The van der Waals surface area contributed by atoms with Crippen molar-refractivity contribution in [3.05, 3.63) is 63.4 Å². The Balaban J connectivity index is 1.08. The number of carbonyl (C=O) groups excluding carboxylic acids is 2. The molecule has 0 unspecified atom stereocenters. The van der Waals surface area contributed by atoms with Crippen LogP contribution in [0.1, 0.15) is 42.9 Å². The maximum atomic E-state index is 13.7. The Morgan fingerprint density at radius 3 is 2.67 bits per heavy atom. The van der Waals surface area contributed by atoms with Gasteiger partial charge in [-0.05, 0) is 31.0 Å². The van der Waals surface area contributed by atoms with Crippen molar-refractivity contribution in [2.24, 2.45) is 0 Å². The first-order valence-corrected chi connectivity index (χ1v) is 15.2. The number of nitrogens with zero attached hydrogens (tertiary/aromatic N) is 2. The zero-order chi connectivity index (χ0) is 32.6. The highest BCUT2D eigenvalue weighted by Gasteiger charge is 2.50. The number of carbonyl (C=O) groups is 2. The third kappa shape index (κ3) is 5.70. The molecule has 1 fully saturated rings. The molecule has 0 spiro atoms. The number of fused-ring (bicyclic) bond motifs is 5. The van der Waals surface area contributed by atoms with E-state index in [4.69, 9.17) is 28.7 Å². The fraction of sp³-hybridized carbons (Fsp3) is 0.500. The SMILES string of the molecule is CC[C@@]1(OC(=O)CCCOCCO[C@H]2O[C@H](CO)[C@@H](O)[C@H](O)[C@@H]2O)C(=O)OCc2c1cc1n(c2=O)Cc2cc3ccccc3nc2-1. The van der Waals surface area contributed by atoms with Gasteiger partial charge in [0.2, 0.25) is 5.60 Å². The van der Waals surface area contributed by atoms with Crippen LogP contribution in [0.25, 0.3) is 22.3 Å². The first kappa shape index (κ1) is 32.2. The van der Waals surface area contributed by atoms with Crippen LogP contribution in [0.15, 0.2) is 41.2 Å². The molecule has 14 heteroatoms. The van der Waals surface area contributed by atoms with Gasteiger partial charge in [0.05, 0.1) is 48.8 Å². The van der Waals surface area contributed by atoms with Gasteiger partial charge in [0.25, 0.3) is 5.56 Å². The Hall–Kier alpha value is -3.76. The number of para-hydroxylation sites is 1. The Morgan fingerprint density at radius 2 is 1.89 bits per heavy atom. The Morgan fingerprint density at radius 1 is 1.09 bits per heavy atom. The molecule has 2 aromatic heterocycles. The molecular weight excluding hydrogens is 604 g/mol. The fourth-order valence-corrected chi connectivity index (χ4v) is 6.18. The summed E-state index contributed by atoms with van der Waals surface area (Å²) in [6.07, 6.45) is -6.68. The maximum Gasteiger partial charge on any atom is 0.355 e. The summed E-state index contributed by atoms with van der Waals surface area (Å²) in [5.41, 5.74) is 1.29. The number of rotatable bonds is 11. The molecule has 3 aromatic rings. The van der Waals surface area contributed by atoms with E-state index in [2.05, 4.69) is 0 Å². The van der Waals surface area contributed by atoms with E-state index in [0.717, 1.165) is 16.5 Å². The average molecular weight is 641 g/mol. The number of ether oxygens (including phenoxy) is 5. The summed E-state index contributed by atoms with van der Waals surface area (Å²) in [5.74, 6) is -1.41. The van der Waals surface area contributed by atoms with Crippen LogP contribution < -0.4 is 5.56 Å². The third-order valence-electron chi connectivity index (χ3n) is 8.70. The van der Waals surface area contributed by atoms with E-state index in [0.29, 0.717) is 23.5 Å². The molecule has 0 saturated carbocycles. The normalized spacial score (nSPS) is 26.7. The van der Waals surface area contributed by atoms with Crippen LogP contribution >= 0.6 is 0 Å². The van der Waals surface area contributed by atoms with Gasteiger partial charge in [0, 0.05) is 29.5 Å². The summed E-state index contributed by atoms with van der Waals surface area (Å²) in [7, 11) is 0. The number of pyridine rings is 2. The summed E-state index contributed by atoms with van der Waals surface area (Å²) in [5, 5.41) is 40.0. The van der Waals surface area contributed by atoms with Crippen LogP contribution in [-0.4, -0.2) is 99.0 Å². The molecular formula is C32H36N2O12. The molecule has 3 aliphatic rings. The zero-order valence-electron chi connectivity index (χ0n) is 25.2. The number of aromatic nitrogens is 2. The molecule has 246 valence electrons. The van der Waals surface area contributed by atoms with Crippen molar-refractivity contribution in [1.29, 1.82) is 0 Å². The average Bonchev–Trinajstić information content (AvgIpc) is 3.42. The van der Waals surface area contributed by atoms with Gasteiger partial charge in [0.1, 0.15) is 31.0 Å². The quantitative estimate of drug-likeness (QED) is 0.129. The summed E-state index contributed by atoms with van der Waals surface area (Å²) in [4.78, 5) is 44.7. The number of hydrogen-bond donors (Lipinski definition) is 4. The van der Waals surface area contributed by atoms with Crippen molar-refractivity contribution >= 4 is 22.8 Å². The fourth-order valence-electron chi connectivity index (χ4n) is 6.18. The predicted molar refractivity (Wildman–Crippen MR) is 158 cm³/mol. The predicted octanol–water partition coefficient (Wildman–Crippen LogP) is 0.244. The second-order valence-corrected chi connectivity index (χ2v) is 11.5. The van der Waals surface area contributed by atoms with Gasteiger partial charge in [-0.1, -0.05) is 25.1 Å². The second kappa shape index (κ2) is 13.2. The molecule has 0 aliphatic carbocycles. The molecule has 5 heterocycles. The van der Waals surface area contributed by atoms with Crippen LogP contribution in [0.4, 0.5) is 0 Å². The topological polar surface area (TPSA) is 196 Å². The van der Waals surface area contributed by atoms with Crippen molar-refractivity contribution in [1.82, 2.24) is 9.55 Å². The highest BCUT2D eigenvalue weighted by atomic mass is 16.7. The first-order valence-electron chi connectivity index (χ1n) is 15.2. The molecule has 1 saturated heterocycles. The number of cyclic esters (lactones) is 1. The Kier molecular flexibility index (Phi) is 9.21. The van der Waals surface area contributed by atoms with Gasteiger partial charge in [0.15, 0.2) is 6.29 Å². The lowest BCUT2D eigenvalue weighted by Crippen LogP contribution is -2.59. The lowest BCUT2D eigenvalue weighted by Gasteiger charge is -2.39. The molecule has 6 rings (SSSR count). The molecule has 0 bridgehead atoms. The van der Waals surface area contributed by atoms with Gasteiger partial charge >= 0.3 is 11.9 Å². The minimum absolute atomic E-state index is 0.0393. The van der Waals surface area contributed by atoms with Crippen molar-refractivity contribution in [2.45, 2.75) is 75.6 Å². The summed E-state index contributed by atoms with van der Waals surface area (Å²) in [6, 6.07) is 11.4. The molecule has 0 amide bonds. The van der Waals surface area contributed by atoms with E-state index >= 15 is 0 Å². The van der Waals surface area contributed by atoms with Crippen LogP contribution in [0.3, 0.4) is 0 Å². The smallest absolute Gasteiger partial charge is 0.355 e. The monoisotopic (exact) mass is 640 g/mol. The number of esters is 2. The van der Waals surface area contributed by atoms with E-state index < -0.39 is 54.9 Å². The number of aliphatic hydroxyl groups excluding tert-OH is 4. The van der Waals surface area contributed by atoms with Gasteiger partial charge in [-0.3, -0.25) is 9.59 Å². The highest BCUT2D eigenvalue weighted by Crippen LogP contribution is 2.41. The third-order valence-corrected chi connectivity index (χ3v) is 8.70. The number of hydrogen-bond acceptors (Lipinski definition) is 13. The minimum Gasteiger partial charge on any atom is -0.457 e. The van der Waals surface area contributed by atoms with E-state index in [-0.39, 0.29) is 56.8 Å². The standard InChI is InChI=1S/C32H36N2O12/c1-2-32(46-24(36)8-5-9-42-10-11-43-30-28(39)27(38)26(37)23(15-35)45-30)20-13-22-25-18(12-17-6-3-4-7-21(17)33-25)14-34(22)29(40)19(20)16-44-31(32)41/h3-4,6-7,12-13,23,26-28,30,35,37-39H,2,5,8-11,14-16H2,1H3/t23-,26-,27+,28+,30+,32+/m1/s1. The maximum absolute atomic E-state index is 13.7. The van der Waals surface area contributed by atoms with E-state index in [1.807, 2.05) is 30.3 Å². The summed E-state index contributed by atoms with van der Waals surface area (Å²) >= 11 is 0. The lowest BCUT2D eigenvalue weighted by molar-refractivity contribution is -0.302. The zero-order valence-corrected chi connectivity index (χ0v) is 25.2. The number of benzene rings is 1. The first-order chi connectivity index (χ1) is 22.2. The van der Waals surface area contributed by atoms with Crippen LogP contribution in [0, 0.1) is 0 Å². The summed E-state index contributed by atoms with van der Waals surface area (Å²) in [6.45, 7) is 1.38. The lowest BCUT2D eigenvalue weighted by atomic mass is 9.85. The van der Waals surface area contributed by atoms with Crippen LogP contribution in [0.5, 0.6) is 0 Å². The largest absolute Gasteiger partial charge is 0.457 e. The van der Waals surface area contributed by atoms with Gasteiger partial charge in [-0.25, -0.2) is 9.78 Å². The molecule has 14 nitrogen and oxygen atoms in total. The summed E-state index contributed by atoms with van der Waals surface area (Å²) < 4.78 is 29.0. The minimum atomic E-state index is -1.79. The van der Waals surface area contributed by atoms with Gasteiger partial charge < -0.3 is 48.7 Å². The van der Waals surface area contributed by atoms with E-state index in [1.54, 1.807) is 17.6 Å². The Labute approximate surface area is 263 Å². The highest BCUT2D eigenvalue weighted by molar-refractivity contribution is 5.88. The van der Waals surface area contributed by atoms with Gasteiger partial charge in [-0.15, -0.1) is 0 Å². The molecule has 4 N–H and O–H groups in total. The van der Waals surface area contributed by atoms with E-state index in [1.165, 1.54) is 0 Å². The second-order valence-electron chi connectivity index (χ2n) is 11.5. The molecule has 1 aromatic carbocycles.